The van der Waals surface area contributed by atoms with Crippen molar-refractivity contribution in [3.63, 3.8) is 0 Å². The molecule has 0 aromatic heterocycles. The number of amides is 2. The zero-order valence-corrected chi connectivity index (χ0v) is 15.2. The third-order valence-electron chi connectivity index (χ3n) is 5.62. The topological polar surface area (TPSA) is 61.9 Å². The summed E-state index contributed by atoms with van der Waals surface area (Å²) in [6, 6.07) is 7.98. The molecule has 1 saturated carbocycles. The van der Waals surface area contributed by atoms with Gasteiger partial charge in [-0.05, 0) is 37.8 Å². The molecule has 6 heteroatoms. The van der Waals surface area contributed by atoms with Gasteiger partial charge in [0.2, 0.25) is 11.8 Å². The Kier molecular flexibility index (Phi) is 5.11. The van der Waals surface area contributed by atoms with Gasteiger partial charge in [0, 0.05) is 38.0 Å². The molecule has 0 bridgehead atoms. The Morgan fingerprint density at radius 2 is 1.62 bits per heavy atom. The number of para-hydroxylation sites is 2. The fourth-order valence-corrected chi connectivity index (χ4v) is 3.84. The van der Waals surface area contributed by atoms with Crippen LogP contribution in [0.4, 0.5) is 11.4 Å². The van der Waals surface area contributed by atoms with E-state index in [1.807, 2.05) is 23.1 Å². The van der Waals surface area contributed by atoms with Gasteiger partial charge in [0.15, 0.2) is 0 Å². The van der Waals surface area contributed by atoms with Crippen LogP contribution in [0.15, 0.2) is 24.3 Å². The molecule has 1 aliphatic carbocycles. The van der Waals surface area contributed by atoms with E-state index in [1.165, 1.54) is 0 Å². The molecule has 3 fully saturated rings. The van der Waals surface area contributed by atoms with Crippen LogP contribution in [0.25, 0.3) is 0 Å². The predicted molar refractivity (Wildman–Crippen MR) is 100 cm³/mol. The van der Waals surface area contributed by atoms with Crippen molar-refractivity contribution in [1.29, 1.82) is 0 Å². The Hall–Kier alpha value is -2.08. The summed E-state index contributed by atoms with van der Waals surface area (Å²) in [5.74, 6) is 0.613. The summed E-state index contributed by atoms with van der Waals surface area (Å²) in [5.41, 5.74) is 1.93. The van der Waals surface area contributed by atoms with E-state index in [0.717, 1.165) is 63.4 Å². The molecule has 0 unspecified atom stereocenters. The van der Waals surface area contributed by atoms with Crippen LogP contribution in [0.5, 0.6) is 0 Å². The van der Waals surface area contributed by atoms with Gasteiger partial charge < -0.3 is 19.9 Å². The molecule has 0 spiro atoms. The summed E-state index contributed by atoms with van der Waals surface area (Å²) in [4.78, 5) is 29.1. The van der Waals surface area contributed by atoms with Crippen LogP contribution >= 0.6 is 0 Å². The SMILES string of the molecule is O=C(Nc1ccccc1N1CCOCC1)C1CCN(C(=O)C2CC2)CC1. The van der Waals surface area contributed by atoms with Gasteiger partial charge in [-0.15, -0.1) is 0 Å². The van der Waals surface area contributed by atoms with Crippen molar-refractivity contribution in [2.45, 2.75) is 25.7 Å². The second-order valence-corrected chi connectivity index (χ2v) is 7.48. The second kappa shape index (κ2) is 7.66. The number of nitrogens with one attached hydrogen (secondary N) is 1. The number of benzene rings is 1. The highest BCUT2D eigenvalue weighted by Gasteiger charge is 2.36. The maximum absolute atomic E-state index is 12.8. The Balaban J connectivity index is 1.35. The van der Waals surface area contributed by atoms with Crippen LogP contribution in [0.1, 0.15) is 25.7 Å². The highest BCUT2D eigenvalue weighted by Crippen LogP contribution is 2.33. The molecule has 1 N–H and O–H groups in total. The zero-order chi connectivity index (χ0) is 17.9. The van der Waals surface area contributed by atoms with E-state index < -0.39 is 0 Å². The smallest absolute Gasteiger partial charge is 0.227 e. The summed E-state index contributed by atoms with van der Waals surface area (Å²) >= 11 is 0. The number of morpholine rings is 1. The van der Waals surface area contributed by atoms with E-state index >= 15 is 0 Å². The average molecular weight is 357 g/mol. The molecule has 3 aliphatic rings. The van der Waals surface area contributed by atoms with Crippen molar-refractivity contribution in [3.05, 3.63) is 24.3 Å². The van der Waals surface area contributed by atoms with E-state index in [4.69, 9.17) is 4.74 Å². The van der Waals surface area contributed by atoms with E-state index in [2.05, 4.69) is 16.3 Å². The van der Waals surface area contributed by atoms with E-state index in [-0.39, 0.29) is 17.7 Å². The molecule has 2 saturated heterocycles. The van der Waals surface area contributed by atoms with Crippen molar-refractivity contribution in [1.82, 2.24) is 4.90 Å². The van der Waals surface area contributed by atoms with Gasteiger partial charge in [-0.25, -0.2) is 0 Å². The first-order valence-corrected chi connectivity index (χ1v) is 9.74. The molecule has 1 aromatic rings. The summed E-state index contributed by atoms with van der Waals surface area (Å²) < 4.78 is 5.43. The van der Waals surface area contributed by atoms with Crippen LogP contribution in [0, 0.1) is 11.8 Å². The summed E-state index contributed by atoms with van der Waals surface area (Å²) in [6.07, 6.45) is 3.59. The van der Waals surface area contributed by atoms with E-state index in [1.54, 1.807) is 0 Å². The van der Waals surface area contributed by atoms with Gasteiger partial charge >= 0.3 is 0 Å². The minimum atomic E-state index is -0.0176. The number of hydrogen-bond acceptors (Lipinski definition) is 4. The lowest BCUT2D eigenvalue weighted by Gasteiger charge is -2.33. The van der Waals surface area contributed by atoms with Gasteiger partial charge in [-0.2, -0.15) is 0 Å². The summed E-state index contributed by atoms with van der Waals surface area (Å²) in [5, 5.41) is 3.13. The summed E-state index contributed by atoms with van der Waals surface area (Å²) in [7, 11) is 0. The first-order valence-electron chi connectivity index (χ1n) is 9.74. The number of carbonyl (C=O) groups excluding carboxylic acids is 2. The third-order valence-corrected chi connectivity index (χ3v) is 5.62. The summed E-state index contributed by atoms with van der Waals surface area (Å²) in [6.45, 7) is 4.53. The van der Waals surface area contributed by atoms with Crippen LogP contribution in [-0.4, -0.2) is 56.1 Å². The van der Waals surface area contributed by atoms with Crippen molar-refractivity contribution in [2.75, 3.05) is 49.6 Å². The monoisotopic (exact) mass is 357 g/mol. The number of carbonyl (C=O) groups is 2. The highest BCUT2D eigenvalue weighted by atomic mass is 16.5. The van der Waals surface area contributed by atoms with Gasteiger partial charge in [0.05, 0.1) is 24.6 Å². The first-order chi connectivity index (χ1) is 12.7. The number of ether oxygens (including phenoxy) is 1. The van der Waals surface area contributed by atoms with Gasteiger partial charge in [0.25, 0.3) is 0 Å². The number of rotatable bonds is 4. The highest BCUT2D eigenvalue weighted by molar-refractivity contribution is 5.96. The van der Waals surface area contributed by atoms with Crippen molar-refractivity contribution in [2.24, 2.45) is 11.8 Å². The fraction of sp³-hybridized carbons (Fsp3) is 0.600. The van der Waals surface area contributed by atoms with Gasteiger partial charge in [-0.1, -0.05) is 12.1 Å². The van der Waals surface area contributed by atoms with Crippen molar-refractivity contribution in [3.8, 4) is 0 Å². The maximum atomic E-state index is 12.8. The molecular weight excluding hydrogens is 330 g/mol. The number of piperidine rings is 1. The van der Waals surface area contributed by atoms with E-state index in [9.17, 15) is 9.59 Å². The maximum Gasteiger partial charge on any atom is 0.227 e. The van der Waals surface area contributed by atoms with E-state index in [0.29, 0.717) is 19.0 Å². The molecular formula is C20H27N3O3. The molecule has 1 aromatic carbocycles. The number of likely N-dealkylation sites (tertiary alicyclic amines) is 1. The lowest BCUT2D eigenvalue weighted by Crippen LogP contribution is -2.42. The molecule has 2 aliphatic heterocycles. The predicted octanol–water partition coefficient (Wildman–Crippen LogP) is 2.11. The molecule has 6 nitrogen and oxygen atoms in total. The largest absolute Gasteiger partial charge is 0.378 e. The second-order valence-electron chi connectivity index (χ2n) is 7.48. The number of anilines is 2. The van der Waals surface area contributed by atoms with Crippen LogP contribution < -0.4 is 10.2 Å². The minimum Gasteiger partial charge on any atom is -0.378 e. The van der Waals surface area contributed by atoms with Gasteiger partial charge in [0.1, 0.15) is 0 Å². The first kappa shape index (κ1) is 17.3. The molecule has 0 atom stereocenters. The molecule has 0 radical (unpaired) electrons. The lowest BCUT2D eigenvalue weighted by molar-refractivity contribution is -0.135. The molecule has 140 valence electrons. The Labute approximate surface area is 154 Å². The van der Waals surface area contributed by atoms with Crippen LogP contribution in [-0.2, 0) is 14.3 Å². The zero-order valence-electron chi connectivity index (χ0n) is 15.2. The Morgan fingerprint density at radius 1 is 0.923 bits per heavy atom. The van der Waals surface area contributed by atoms with Crippen LogP contribution in [0.3, 0.4) is 0 Å². The number of nitrogens with zero attached hydrogens (tertiary/aromatic N) is 2. The standard InChI is InChI=1S/C20H27N3O3/c24-19(15-7-9-23(10-8-15)20(25)16-5-6-16)21-17-3-1-2-4-18(17)22-11-13-26-14-12-22/h1-4,15-16H,5-14H2,(H,21,24). The quantitative estimate of drug-likeness (QED) is 0.897. The Morgan fingerprint density at radius 3 is 2.31 bits per heavy atom. The van der Waals surface area contributed by atoms with Crippen molar-refractivity contribution >= 4 is 23.2 Å². The fourth-order valence-electron chi connectivity index (χ4n) is 3.84. The minimum absolute atomic E-state index is 0.0176. The molecule has 26 heavy (non-hydrogen) atoms. The molecule has 2 heterocycles. The van der Waals surface area contributed by atoms with Crippen molar-refractivity contribution < 1.29 is 14.3 Å². The normalized spacial score (nSPS) is 21.5. The van der Waals surface area contributed by atoms with Crippen LogP contribution in [0.2, 0.25) is 0 Å². The van der Waals surface area contributed by atoms with Gasteiger partial charge in [-0.3, -0.25) is 9.59 Å². The molecule has 4 rings (SSSR count). The number of hydrogen-bond donors (Lipinski definition) is 1. The third kappa shape index (κ3) is 3.85. The Bertz CT molecular complexity index is 660. The average Bonchev–Trinajstić information content (AvgIpc) is 3.54. The lowest BCUT2D eigenvalue weighted by atomic mass is 9.95. The molecule has 2 amide bonds.